The highest BCUT2D eigenvalue weighted by Gasteiger charge is 2.09. The molecule has 7 heteroatoms. The van der Waals surface area contributed by atoms with Crippen LogP contribution in [0.25, 0.3) is 5.82 Å². The lowest BCUT2D eigenvalue weighted by molar-refractivity contribution is 0.977. The standard InChI is InChI=1S/C12H11N7/c13-10-11(18-9-3-1-2-4-15-9)16-7-17-12(10)19-6-5-14-8-19/h1-8H,13H2,(H,15,16,17,18). The Labute approximate surface area is 109 Å². The van der Waals surface area contributed by atoms with Crippen LogP contribution in [0.4, 0.5) is 17.3 Å². The van der Waals surface area contributed by atoms with Gasteiger partial charge < -0.3 is 11.1 Å². The normalized spacial score (nSPS) is 10.3. The molecule has 3 aromatic heterocycles. The van der Waals surface area contributed by atoms with Gasteiger partial charge in [-0.2, -0.15) is 0 Å². The van der Waals surface area contributed by atoms with Gasteiger partial charge in [0.25, 0.3) is 0 Å². The van der Waals surface area contributed by atoms with Crippen LogP contribution in [0.2, 0.25) is 0 Å². The molecular weight excluding hydrogens is 242 g/mol. The quantitative estimate of drug-likeness (QED) is 0.732. The Morgan fingerprint density at radius 1 is 1.11 bits per heavy atom. The molecule has 3 rings (SSSR count). The summed E-state index contributed by atoms with van der Waals surface area (Å²) in [7, 11) is 0. The first-order valence-corrected chi connectivity index (χ1v) is 5.61. The van der Waals surface area contributed by atoms with Crippen LogP contribution in [0.1, 0.15) is 0 Å². The van der Waals surface area contributed by atoms with Gasteiger partial charge in [-0.05, 0) is 12.1 Å². The molecule has 0 amide bonds. The van der Waals surface area contributed by atoms with Gasteiger partial charge in [0.15, 0.2) is 11.6 Å². The third kappa shape index (κ3) is 2.21. The number of hydrogen-bond donors (Lipinski definition) is 2. The Morgan fingerprint density at radius 3 is 2.79 bits per heavy atom. The van der Waals surface area contributed by atoms with E-state index in [1.165, 1.54) is 6.33 Å². The number of anilines is 3. The molecule has 94 valence electrons. The van der Waals surface area contributed by atoms with E-state index < -0.39 is 0 Å². The zero-order valence-corrected chi connectivity index (χ0v) is 9.93. The summed E-state index contributed by atoms with van der Waals surface area (Å²) in [6.45, 7) is 0. The molecule has 0 aliphatic rings. The van der Waals surface area contributed by atoms with Crippen molar-refractivity contribution in [1.29, 1.82) is 0 Å². The fourth-order valence-corrected chi connectivity index (χ4v) is 1.63. The number of aromatic nitrogens is 5. The number of nitrogens with one attached hydrogen (secondary N) is 1. The lowest BCUT2D eigenvalue weighted by atomic mass is 10.4. The van der Waals surface area contributed by atoms with E-state index in [9.17, 15) is 0 Å². The number of nitrogens with two attached hydrogens (primary N) is 1. The molecule has 0 atom stereocenters. The van der Waals surface area contributed by atoms with Gasteiger partial charge in [0, 0.05) is 18.6 Å². The summed E-state index contributed by atoms with van der Waals surface area (Å²) in [6.07, 6.45) is 8.19. The molecule has 3 aromatic rings. The number of nitrogen functional groups attached to an aromatic ring is 1. The van der Waals surface area contributed by atoms with Gasteiger partial charge in [0.2, 0.25) is 0 Å². The summed E-state index contributed by atoms with van der Waals surface area (Å²) in [5, 5.41) is 3.05. The van der Waals surface area contributed by atoms with E-state index in [1.54, 1.807) is 29.5 Å². The van der Waals surface area contributed by atoms with Crippen molar-refractivity contribution in [2.45, 2.75) is 0 Å². The van der Waals surface area contributed by atoms with Crippen LogP contribution in [-0.2, 0) is 0 Å². The molecule has 19 heavy (non-hydrogen) atoms. The van der Waals surface area contributed by atoms with Gasteiger partial charge in [0.1, 0.15) is 24.2 Å². The Morgan fingerprint density at radius 2 is 2.05 bits per heavy atom. The molecule has 0 saturated heterocycles. The van der Waals surface area contributed by atoms with Crippen molar-refractivity contribution in [1.82, 2.24) is 24.5 Å². The van der Waals surface area contributed by atoms with Gasteiger partial charge in [-0.25, -0.2) is 19.9 Å². The average Bonchev–Trinajstić information content (AvgIpc) is 2.96. The lowest BCUT2D eigenvalue weighted by Crippen LogP contribution is -2.06. The topological polar surface area (TPSA) is 94.5 Å². The van der Waals surface area contributed by atoms with E-state index in [2.05, 4.69) is 25.3 Å². The molecule has 0 fully saturated rings. The van der Waals surface area contributed by atoms with E-state index in [0.717, 1.165) is 0 Å². The third-order valence-electron chi connectivity index (χ3n) is 2.52. The summed E-state index contributed by atoms with van der Waals surface area (Å²) in [4.78, 5) is 16.4. The number of pyridine rings is 1. The first-order valence-electron chi connectivity index (χ1n) is 5.61. The second-order valence-corrected chi connectivity index (χ2v) is 3.77. The highest BCUT2D eigenvalue weighted by Crippen LogP contribution is 2.23. The Hall–Kier alpha value is -2.96. The number of imidazole rings is 1. The molecule has 0 aliphatic carbocycles. The molecule has 0 radical (unpaired) electrons. The van der Waals surface area contributed by atoms with Crippen molar-refractivity contribution in [2.75, 3.05) is 11.1 Å². The first kappa shape index (κ1) is 11.1. The first-order chi connectivity index (χ1) is 9.34. The van der Waals surface area contributed by atoms with E-state index in [-0.39, 0.29) is 0 Å². The van der Waals surface area contributed by atoms with E-state index >= 15 is 0 Å². The smallest absolute Gasteiger partial charge is 0.166 e. The molecule has 0 saturated carbocycles. The largest absolute Gasteiger partial charge is 0.393 e. The highest BCUT2D eigenvalue weighted by atomic mass is 15.2. The number of hydrogen-bond acceptors (Lipinski definition) is 6. The summed E-state index contributed by atoms with van der Waals surface area (Å²) in [6, 6.07) is 5.55. The van der Waals surface area contributed by atoms with Gasteiger partial charge >= 0.3 is 0 Å². The maximum atomic E-state index is 6.06. The number of rotatable bonds is 3. The summed E-state index contributed by atoms with van der Waals surface area (Å²) < 4.78 is 1.72. The maximum Gasteiger partial charge on any atom is 0.166 e. The fourth-order valence-electron chi connectivity index (χ4n) is 1.63. The Bertz CT molecular complexity index is 664. The van der Waals surface area contributed by atoms with Crippen LogP contribution in [0.5, 0.6) is 0 Å². The Kier molecular flexibility index (Phi) is 2.77. The molecule has 3 N–H and O–H groups in total. The van der Waals surface area contributed by atoms with E-state index in [1.807, 2.05) is 18.2 Å². The van der Waals surface area contributed by atoms with E-state index in [0.29, 0.717) is 23.1 Å². The molecule has 7 nitrogen and oxygen atoms in total. The summed E-state index contributed by atoms with van der Waals surface area (Å²) in [5.74, 6) is 1.76. The molecule has 0 aliphatic heterocycles. The van der Waals surface area contributed by atoms with Crippen LogP contribution in [0, 0.1) is 0 Å². The minimum Gasteiger partial charge on any atom is -0.393 e. The van der Waals surface area contributed by atoms with Crippen molar-refractivity contribution in [3.63, 3.8) is 0 Å². The van der Waals surface area contributed by atoms with Crippen LogP contribution in [0.15, 0.2) is 49.4 Å². The molecular formula is C12H11N7. The third-order valence-corrected chi connectivity index (χ3v) is 2.52. The van der Waals surface area contributed by atoms with Crippen LogP contribution >= 0.6 is 0 Å². The SMILES string of the molecule is Nc1c(Nc2ccccn2)ncnc1-n1ccnc1. The second kappa shape index (κ2) is 4.73. The Balaban J connectivity index is 1.97. The molecule has 0 unspecified atom stereocenters. The van der Waals surface area contributed by atoms with Crippen molar-refractivity contribution in [3.8, 4) is 5.82 Å². The van der Waals surface area contributed by atoms with Gasteiger partial charge in [-0.1, -0.05) is 6.07 Å². The lowest BCUT2D eigenvalue weighted by Gasteiger charge is -2.10. The molecule has 3 heterocycles. The zero-order valence-electron chi connectivity index (χ0n) is 9.93. The fraction of sp³-hybridized carbons (Fsp3) is 0. The van der Waals surface area contributed by atoms with Gasteiger partial charge in [-0.15, -0.1) is 0 Å². The summed E-state index contributed by atoms with van der Waals surface area (Å²) >= 11 is 0. The van der Waals surface area contributed by atoms with Crippen LogP contribution < -0.4 is 11.1 Å². The van der Waals surface area contributed by atoms with Crippen molar-refractivity contribution >= 4 is 17.3 Å². The molecule has 0 aromatic carbocycles. The van der Waals surface area contributed by atoms with Crippen molar-refractivity contribution in [2.24, 2.45) is 0 Å². The monoisotopic (exact) mass is 253 g/mol. The molecule has 0 bridgehead atoms. The average molecular weight is 253 g/mol. The van der Waals surface area contributed by atoms with E-state index in [4.69, 9.17) is 5.73 Å². The minimum atomic E-state index is 0.436. The van der Waals surface area contributed by atoms with Crippen molar-refractivity contribution in [3.05, 3.63) is 49.4 Å². The number of nitrogens with zero attached hydrogens (tertiary/aromatic N) is 5. The van der Waals surface area contributed by atoms with Crippen LogP contribution in [0.3, 0.4) is 0 Å². The predicted molar refractivity (Wildman–Crippen MR) is 71.1 cm³/mol. The second-order valence-electron chi connectivity index (χ2n) is 3.77. The predicted octanol–water partition coefficient (Wildman–Crippen LogP) is 1.38. The zero-order chi connectivity index (χ0) is 13.1. The minimum absolute atomic E-state index is 0.436. The highest BCUT2D eigenvalue weighted by molar-refractivity contribution is 5.72. The molecule has 0 spiro atoms. The van der Waals surface area contributed by atoms with Crippen molar-refractivity contribution < 1.29 is 0 Å². The van der Waals surface area contributed by atoms with Gasteiger partial charge in [-0.3, -0.25) is 4.57 Å². The maximum absolute atomic E-state index is 6.06. The summed E-state index contributed by atoms with van der Waals surface area (Å²) in [5.41, 5.74) is 6.49. The van der Waals surface area contributed by atoms with Crippen LogP contribution in [-0.4, -0.2) is 24.5 Å². The van der Waals surface area contributed by atoms with Gasteiger partial charge in [0.05, 0.1) is 0 Å².